The van der Waals surface area contributed by atoms with Gasteiger partial charge in [-0.25, -0.2) is 0 Å². The van der Waals surface area contributed by atoms with Crippen molar-refractivity contribution in [3.63, 3.8) is 0 Å². The molecule has 0 saturated carbocycles. The third kappa shape index (κ3) is 2.65. The highest BCUT2D eigenvalue weighted by Gasteiger charge is 2.31. The molecular weight excluding hydrogens is 334 g/mol. The zero-order valence-corrected chi connectivity index (χ0v) is 13.8. The van der Waals surface area contributed by atoms with Gasteiger partial charge in [-0.2, -0.15) is 0 Å². The second kappa shape index (κ2) is 6.29. The van der Waals surface area contributed by atoms with Crippen LogP contribution in [0.5, 0.6) is 5.75 Å². The fourth-order valence-corrected chi connectivity index (χ4v) is 4.64. The minimum Gasteiger partial charge on any atom is -0.493 e. The average Bonchev–Trinajstić information content (AvgIpc) is 2.90. The molecule has 0 fully saturated rings. The summed E-state index contributed by atoms with van der Waals surface area (Å²) in [7, 11) is 0. The van der Waals surface area contributed by atoms with Crippen LogP contribution >= 0.6 is 27.3 Å². The maximum atomic E-state index is 5.79. The van der Waals surface area contributed by atoms with Crippen LogP contribution in [0.4, 0.5) is 0 Å². The fraction of sp³-hybridized carbons (Fsp3) is 0.375. The SMILES string of the molecule is CCNC(c1sccc1Br)C1CCOc2ccccc21. The van der Waals surface area contributed by atoms with Crippen LogP contribution in [0.15, 0.2) is 40.2 Å². The number of fused-ring (bicyclic) bond motifs is 1. The molecule has 0 bridgehead atoms. The molecular formula is C16H18BrNOS. The fourth-order valence-electron chi connectivity index (χ4n) is 2.88. The van der Waals surface area contributed by atoms with Crippen LogP contribution in [-0.2, 0) is 0 Å². The summed E-state index contributed by atoms with van der Waals surface area (Å²) in [6, 6.07) is 10.9. The predicted molar refractivity (Wildman–Crippen MR) is 87.7 cm³/mol. The lowest BCUT2D eigenvalue weighted by Crippen LogP contribution is -2.30. The quantitative estimate of drug-likeness (QED) is 0.859. The monoisotopic (exact) mass is 351 g/mol. The van der Waals surface area contributed by atoms with Gasteiger partial charge >= 0.3 is 0 Å². The Bertz CT molecular complexity index is 583. The smallest absolute Gasteiger partial charge is 0.122 e. The maximum Gasteiger partial charge on any atom is 0.122 e. The van der Waals surface area contributed by atoms with Crippen molar-refractivity contribution in [3.8, 4) is 5.75 Å². The van der Waals surface area contributed by atoms with Crippen molar-refractivity contribution in [1.29, 1.82) is 0 Å². The standard InChI is InChI=1S/C16H18BrNOS/c1-2-18-15(16-13(17)8-10-20-16)12-7-9-19-14-6-4-3-5-11(12)14/h3-6,8,10,12,15,18H,2,7,9H2,1H3. The molecule has 4 heteroatoms. The molecule has 0 aliphatic carbocycles. The Kier molecular flexibility index (Phi) is 4.44. The van der Waals surface area contributed by atoms with Crippen LogP contribution in [0.3, 0.4) is 0 Å². The van der Waals surface area contributed by atoms with E-state index in [0.717, 1.165) is 25.3 Å². The van der Waals surface area contributed by atoms with Gasteiger partial charge in [-0.05, 0) is 52.0 Å². The Morgan fingerprint density at radius 2 is 2.25 bits per heavy atom. The van der Waals surface area contributed by atoms with Gasteiger partial charge in [0.2, 0.25) is 0 Å². The Morgan fingerprint density at radius 3 is 3.00 bits per heavy atom. The van der Waals surface area contributed by atoms with Gasteiger partial charge in [-0.1, -0.05) is 25.1 Å². The van der Waals surface area contributed by atoms with Gasteiger partial charge in [0.15, 0.2) is 0 Å². The molecule has 0 amide bonds. The van der Waals surface area contributed by atoms with Crippen molar-refractivity contribution >= 4 is 27.3 Å². The Hall–Kier alpha value is -0.840. The van der Waals surface area contributed by atoms with Gasteiger partial charge in [-0.15, -0.1) is 11.3 Å². The molecule has 1 N–H and O–H groups in total. The summed E-state index contributed by atoms with van der Waals surface area (Å²) < 4.78 is 7.00. The van der Waals surface area contributed by atoms with E-state index in [4.69, 9.17) is 4.74 Å². The molecule has 2 nitrogen and oxygen atoms in total. The predicted octanol–water partition coefficient (Wildman–Crippen LogP) is 4.73. The molecule has 20 heavy (non-hydrogen) atoms. The number of para-hydroxylation sites is 1. The third-order valence-corrected chi connectivity index (χ3v) is 5.71. The lowest BCUT2D eigenvalue weighted by atomic mass is 9.86. The van der Waals surface area contributed by atoms with E-state index < -0.39 is 0 Å². The molecule has 1 aliphatic rings. The number of thiophene rings is 1. The lowest BCUT2D eigenvalue weighted by Gasteiger charge is -2.32. The molecule has 106 valence electrons. The first kappa shape index (κ1) is 14.1. The zero-order valence-electron chi connectivity index (χ0n) is 11.4. The lowest BCUT2D eigenvalue weighted by molar-refractivity contribution is 0.247. The molecule has 2 aromatic rings. The highest BCUT2D eigenvalue weighted by atomic mass is 79.9. The van der Waals surface area contributed by atoms with Crippen molar-refractivity contribution in [2.75, 3.05) is 13.2 Å². The van der Waals surface area contributed by atoms with Gasteiger partial charge in [0, 0.05) is 21.3 Å². The van der Waals surface area contributed by atoms with Crippen LogP contribution in [0.2, 0.25) is 0 Å². The van der Waals surface area contributed by atoms with Crippen LogP contribution in [0.1, 0.15) is 35.7 Å². The van der Waals surface area contributed by atoms with Gasteiger partial charge in [0.25, 0.3) is 0 Å². The number of benzene rings is 1. The summed E-state index contributed by atoms with van der Waals surface area (Å²) in [5.41, 5.74) is 1.32. The molecule has 0 spiro atoms. The summed E-state index contributed by atoms with van der Waals surface area (Å²) in [6.07, 6.45) is 1.05. The van der Waals surface area contributed by atoms with E-state index >= 15 is 0 Å². The van der Waals surface area contributed by atoms with Crippen molar-refractivity contribution in [1.82, 2.24) is 5.32 Å². The number of hydrogen-bond donors (Lipinski definition) is 1. The van der Waals surface area contributed by atoms with Crippen molar-refractivity contribution in [2.45, 2.75) is 25.3 Å². The van der Waals surface area contributed by atoms with Crippen LogP contribution < -0.4 is 10.1 Å². The first-order valence-corrected chi connectivity index (χ1v) is 8.66. The van der Waals surface area contributed by atoms with Crippen molar-refractivity contribution < 1.29 is 4.74 Å². The first-order chi connectivity index (χ1) is 9.81. The molecule has 2 heterocycles. The van der Waals surface area contributed by atoms with E-state index in [9.17, 15) is 0 Å². The summed E-state index contributed by atoms with van der Waals surface area (Å²) in [5.74, 6) is 1.51. The van der Waals surface area contributed by atoms with Crippen molar-refractivity contribution in [3.05, 3.63) is 50.6 Å². The van der Waals surface area contributed by atoms with E-state index in [2.05, 4.69) is 57.8 Å². The second-order valence-electron chi connectivity index (χ2n) is 4.95. The Morgan fingerprint density at radius 1 is 1.40 bits per heavy atom. The van der Waals surface area contributed by atoms with Crippen molar-refractivity contribution in [2.24, 2.45) is 0 Å². The molecule has 2 atom stereocenters. The van der Waals surface area contributed by atoms with E-state index in [1.807, 2.05) is 17.4 Å². The van der Waals surface area contributed by atoms with Gasteiger partial charge in [0.05, 0.1) is 6.61 Å². The second-order valence-corrected chi connectivity index (χ2v) is 6.75. The van der Waals surface area contributed by atoms with Crippen LogP contribution in [0, 0.1) is 0 Å². The summed E-state index contributed by atoms with van der Waals surface area (Å²) in [6.45, 7) is 3.93. The highest BCUT2D eigenvalue weighted by molar-refractivity contribution is 9.10. The minimum atomic E-state index is 0.347. The molecule has 2 unspecified atom stereocenters. The number of hydrogen-bond acceptors (Lipinski definition) is 3. The summed E-state index contributed by atoms with van der Waals surface area (Å²) in [4.78, 5) is 1.38. The number of ether oxygens (including phenoxy) is 1. The topological polar surface area (TPSA) is 21.3 Å². The minimum absolute atomic E-state index is 0.347. The third-order valence-electron chi connectivity index (χ3n) is 3.76. The van der Waals surface area contributed by atoms with Gasteiger partial charge < -0.3 is 10.1 Å². The molecule has 0 saturated heterocycles. The average molecular weight is 352 g/mol. The number of rotatable bonds is 4. The number of nitrogens with one attached hydrogen (secondary N) is 1. The van der Waals surface area contributed by atoms with Crippen LogP contribution in [0.25, 0.3) is 0 Å². The number of likely N-dealkylation sites (N-methyl/N-ethyl adjacent to an activating group) is 1. The van der Waals surface area contributed by atoms with Crippen LogP contribution in [-0.4, -0.2) is 13.2 Å². The normalized spacial score (nSPS) is 19.2. The summed E-state index contributed by atoms with van der Waals surface area (Å²) in [5, 5.41) is 5.81. The summed E-state index contributed by atoms with van der Waals surface area (Å²) >= 11 is 5.50. The Labute approximate surface area is 132 Å². The molecule has 3 rings (SSSR count). The Balaban J connectivity index is 1.99. The number of halogens is 1. The first-order valence-electron chi connectivity index (χ1n) is 6.99. The van der Waals surface area contributed by atoms with E-state index in [1.165, 1.54) is 14.9 Å². The molecule has 1 aromatic heterocycles. The molecule has 0 radical (unpaired) electrons. The highest BCUT2D eigenvalue weighted by Crippen LogP contribution is 2.44. The van der Waals surface area contributed by atoms with E-state index in [1.54, 1.807) is 0 Å². The zero-order chi connectivity index (χ0) is 13.9. The molecule has 1 aliphatic heterocycles. The maximum absolute atomic E-state index is 5.79. The van der Waals surface area contributed by atoms with Gasteiger partial charge in [0.1, 0.15) is 5.75 Å². The van der Waals surface area contributed by atoms with Gasteiger partial charge in [-0.3, -0.25) is 0 Å². The largest absolute Gasteiger partial charge is 0.493 e. The van der Waals surface area contributed by atoms with E-state index in [-0.39, 0.29) is 0 Å². The van der Waals surface area contributed by atoms with E-state index in [0.29, 0.717) is 12.0 Å². The molecule has 1 aromatic carbocycles.